The van der Waals surface area contributed by atoms with Crippen LogP contribution in [0.3, 0.4) is 0 Å². The second-order valence-corrected chi connectivity index (χ2v) is 8.36. The third-order valence-electron chi connectivity index (χ3n) is 4.94. The molecule has 0 aliphatic rings. The number of thiazole rings is 1. The molecule has 2 aromatic carbocycles. The summed E-state index contributed by atoms with van der Waals surface area (Å²) in [6.07, 6.45) is 2.93. The van der Waals surface area contributed by atoms with E-state index in [-0.39, 0.29) is 31.2 Å². The molecular weight excluding hydrogens is 468 g/mol. The van der Waals surface area contributed by atoms with Crippen LogP contribution in [0.2, 0.25) is 0 Å². The molecule has 1 aromatic heterocycles. The summed E-state index contributed by atoms with van der Waals surface area (Å²) in [6, 6.07) is 14.7. The van der Waals surface area contributed by atoms with Crippen LogP contribution in [0.1, 0.15) is 25.0 Å². The number of carbonyl (C=O) groups is 2. The van der Waals surface area contributed by atoms with E-state index in [0.29, 0.717) is 27.3 Å². The van der Waals surface area contributed by atoms with Gasteiger partial charge in [0.05, 0.1) is 30.9 Å². The number of esters is 1. The molecule has 0 unspecified atom stereocenters. The number of ether oxygens (including phenoxy) is 3. The summed E-state index contributed by atoms with van der Waals surface area (Å²) in [6.45, 7) is 4.24. The standard InChI is InChI=1S/C26H28N2O6S/c1-4-33-21-13-9-6-10-18(21)14-22-26(31)28(24(35-22)15-25(30)34-5-2)17-23(29)27-16-19-11-7-8-12-20(19)32-3/h6-15H,4-5,16-17H2,1-3H3,(H,27,29)/b22-14-,24-15+. The first-order valence-electron chi connectivity index (χ1n) is 11.2. The number of carbonyl (C=O) groups excluding carboxylic acids is 2. The number of rotatable bonds is 10. The normalized spacial score (nSPS) is 11.9. The highest BCUT2D eigenvalue weighted by Crippen LogP contribution is 2.18. The lowest BCUT2D eigenvalue weighted by atomic mass is 10.2. The topological polar surface area (TPSA) is 95.9 Å². The van der Waals surface area contributed by atoms with Crippen molar-refractivity contribution in [3.8, 4) is 11.5 Å². The molecule has 0 atom stereocenters. The maximum absolute atomic E-state index is 13.2. The highest BCUT2D eigenvalue weighted by atomic mass is 32.1. The van der Waals surface area contributed by atoms with Gasteiger partial charge in [0.2, 0.25) is 5.91 Å². The Morgan fingerprint density at radius 3 is 2.46 bits per heavy atom. The molecule has 9 heteroatoms. The van der Waals surface area contributed by atoms with E-state index in [2.05, 4.69) is 5.32 Å². The summed E-state index contributed by atoms with van der Waals surface area (Å²) in [5, 5.41) is 2.81. The smallest absolute Gasteiger partial charge is 0.333 e. The molecule has 184 valence electrons. The van der Waals surface area contributed by atoms with Gasteiger partial charge < -0.3 is 19.5 Å². The molecule has 3 rings (SSSR count). The molecule has 3 aromatic rings. The maximum atomic E-state index is 13.2. The van der Waals surface area contributed by atoms with Crippen molar-refractivity contribution in [2.45, 2.75) is 26.9 Å². The summed E-state index contributed by atoms with van der Waals surface area (Å²) in [7, 11) is 1.56. The Labute approximate surface area is 207 Å². The highest BCUT2D eigenvalue weighted by Gasteiger charge is 2.12. The van der Waals surface area contributed by atoms with Gasteiger partial charge in [0, 0.05) is 17.7 Å². The SMILES string of the molecule is CCOC(=O)/C=c1/s/c(=C\c2ccccc2OCC)c(=O)n1CC(=O)NCc1ccccc1OC. The zero-order valence-electron chi connectivity index (χ0n) is 19.9. The van der Waals surface area contributed by atoms with E-state index in [0.717, 1.165) is 22.5 Å². The van der Waals surface area contributed by atoms with Crippen molar-refractivity contribution in [1.82, 2.24) is 9.88 Å². The number of methoxy groups -OCH3 is 1. The zero-order valence-corrected chi connectivity index (χ0v) is 20.7. The van der Waals surface area contributed by atoms with E-state index >= 15 is 0 Å². The molecule has 0 saturated carbocycles. The summed E-state index contributed by atoms with van der Waals surface area (Å²) in [5.41, 5.74) is 1.15. The van der Waals surface area contributed by atoms with E-state index < -0.39 is 5.97 Å². The van der Waals surface area contributed by atoms with Gasteiger partial charge in [-0.3, -0.25) is 14.2 Å². The average Bonchev–Trinajstić information content (AvgIpc) is 3.13. The summed E-state index contributed by atoms with van der Waals surface area (Å²) >= 11 is 1.11. The van der Waals surface area contributed by atoms with E-state index in [1.54, 1.807) is 26.2 Å². The number of aromatic nitrogens is 1. The van der Waals surface area contributed by atoms with Crippen molar-refractivity contribution in [2.75, 3.05) is 20.3 Å². The number of para-hydroxylation sites is 2. The van der Waals surface area contributed by atoms with Gasteiger partial charge >= 0.3 is 5.97 Å². The first-order valence-corrected chi connectivity index (χ1v) is 12.0. The van der Waals surface area contributed by atoms with Crippen molar-refractivity contribution in [3.63, 3.8) is 0 Å². The van der Waals surface area contributed by atoms with Crippen molar-refractivity contribution >= 4 is 35.4 Å². The molecule has 0 radical (unpaired) electrons. The zero-order chi connectivity index (χ0) is 25.2. The molecule has 0 bridgehead atoms. The predicted octanol–water partition coefficient (Wildman–Crippen LogP) is 1.81. The molecule has 0 spiro atoms. The third-order valence-corrected chi connectivity index (χ3v) is 6.00. The Morgan fingerprint density at radius 2 is 1.74 bits per heavy atom. The summed E-state index contributed by atoms with van der Waals surface area (Å²) in [4.78, 5) is 38.1. The second-order valence-electron chi connectivity index (χ2n) is 7.30. The van der Waals surface area contributed by atoms with E-state index in [9.17, 15) is 14.4 Å². The lowest BCUT2D eigenvalue weighted by molar-refractivity contribution is -0.135. The first kappa shape index (κ1) is 25.8. The molecule has 8 nitrogen and oxygen atoms in total. The van der Waals surface area contributed by atoms with Crippen molar-refractivity contribution in [3.05, 3.63) is 79.2 Å². The molecule has 0 aliphatic carbocycles. The van der Waals surface area contributed by atoms with Crippen LogP contribution in [-0.2, 0) is 27.4 Å². The minimum Gasteiger partial charge on any atom is -0.496 e. The number of benzene rings is 2. The number of nitrogens with one attached hydrogen (secondary N) is 1. The monoisotopic (exact) mass is 496 g/mol. The van der Waals surface area contributed by atoms with Crippen molar-refractivity contribution in [1.29, 1.82) is 0 Å². The summed E-state index contributed by atoms with van der Waals surface area (Å²) < 4.78 is 17.9. The molecule has 35 heavy (non-hydrogen) atoms. The predicted molar refractivity (Wildman–Crippen MR) is 135 cm³/mol. The van der Waals surface area contributed by atoms with E-state index in [1.165, 1.54) is 10.6 Å². The van der Waals surface area contributed by atoms with Gasteiger partial charge in [0.1, 0.15) is 22.7 Å². The lowest BCUT2D eigenvalue weighted by Crippen LogP contribution is -2.38. The molecule has 0 aliphatic heterocycles. The van der Waals surface area contributed by atoms with Gasteiger partial charge in [0.15, 0.2) is 0 Å². The highest BCUT2D eigenvalue weighted by molar-refractivity contribution is 7.07. The van der Waals surface area contributed by atoms with Crippen LogP contribution in [0, 0.1) is 0 Å². The largest absolute Gasteiger partial charge is 0.496 e. The van der Waals surface area contributed by atoms with Gasteiger partial charge in [0.25, 0.3) is 5.56 Å². The van der Waals surface area contributed by atoms with Crippen LogP contribution < -0.4 is 29.5 Å². The Bertz CT molecular complexity index is 1360. The van der Waals surface area contributed by atoms with E-state index in [1.807, 2.05) is 49.4 Å². The van der Waals surface area contributed by atoms with Crippen LogP contribution in [0.5, 0.6) is 11.5 Å². The minimum atomic E-state index is -0.585. The Morgan fingerprint density at radius 1 is 1.03 bits per heavy atom. The Kier molecular flexibility index (Phi) is 9.25. The van der Waals surface area contributed by atoms with Crippen molar-refractivity contribution < 1.29 is 23.8 Å². The van der Waals surface area contributed by atoms with Gasteiger partial charge in [-0.1, -0.05) is 36.4 Å². The fourth-order valence-electron chi connectivity index (χ4n) is 3.35. The number of nitrogens with zero attached hydrogens (tertiary/aromatic N) is 1. The first-order chi connectivity index (χ1) is 17.0. The fraction of sp³-hybridized carbons (Fsp3) is 0.269. The van der Waals surface area contributed by atoms with Crippen LogP contribution in [0.25, 0.3) is 12.2 Å². The minimum absolute atomic E-state index is 0.199. The maximum Gasteiger partial charge on any atom is 0.333 e. The molecule has 1 heterocycles. The molecule has 1 amide bonds. The van der Waals surface area contributed by atoms with Gasteiger partial charge in [-0.25, -0.2) is 4.79 Å². The lowest BCUT2D eigenvalue weighted by Gasteiger charge is -2.09. The van der Waals surface area contributed by atoms with Crippen LogP contribution in [-0.4, -0.2) is 36.8 Å². The fourth-order valence-corrected chi connectivity index (χ4v) is 4.37. The second kappa shape index (κ2) is 12.6. The van der Waals surface area contributed by atoms with Gasteiger partial charge in [-0.2, -0.15) is 0 Å². The van der Waals surface area contributed by atoms with Crippen molar-refractivity contribution in [2.24, 2.45) is 0 Å². The van der Waals surface area contributed by atoms with Gasteiger partial charge in [-0.05, 0) is 32.1 Å². The number of hydrogen-bond acceptors (Lipinski definition) is 7. The molecule has 1 N–H and O–H groups in total. The quantitative estimate of drug-likeness (QED) is 0.430. The third kappa shape index (κ3) is 6.83. The Balaban J connectivity index is 1.95. The average molecular weight is 497 g/mol. The van der Waals surface area contributed by atoms with Crippen LogP contribution in [0.4, 0.5) is 0 Å². The van der Waals surface area contributed by atoms with Gasteiger partial charge in [-0.15, -0.1) is 11.3 Å². The van der Waals surface area contributed by atoms with E-state index in [4.69, 9.17) is 14.2 Å². The number of hydrogen-bond donors (Lipinski definition) is 1. The molecule has 0 fully saturated rings. The molecular formula is C26H28N2O6S. The number of amides is 1. The Hall–Kier alpha value is -3.85. The summed E-state index contributed by atoms with van der Waals surface area (Å²) in [5.74, 6) is 0.329. The van der Waals surface area contributed by atoms with Crippen LogP contribution in [0.15, 0.2) is 53.3 Å². The molecule has 0 saturated heterocycles. The van der Waals surface area contributed by atoms with Crippen LogP contribution >= 0.6 is 11.3 Å².